The van der Waals surface area contributed by atoms with Crippen molar-refractivity contribution in [3.63, 3.8) is 0 Å². The number of allylic oxidation sites excluding steroid dienone is 2. The van der Waals surface area contributed by atoms with E-state index in [1.54, 1.807) is 13.2 Å². The molecule has 1 saturated heterocycles. The summed E-state index contributed by atoms with van der Waals surface area (Å²) in [6, 6.07) is 0. The second-order valence-corrected chi connectivity index (χ2v) is 5.14. The van der Waals surface area contributed by atoms with Gasteiger partial charge in [-0.1, -0.05) is 12.2 Å². The topological polar surface area (TPSA) is 68.0 Å². The minimum Gasteiger partial charge on any atom is -0.340 e. The van der Waals surface area contributed by atoms with Crippen molar-refractivity contribution >= 4 is 17.0 Å². The fourth-order valence-corrected chi connectivity index (χ4v) is 2.61. The number of nitrogens with zero attached hydrogens (tertiary/aromatic N) is 5. The highest BCUT2D eigenvalue weighted by atomic mass is 16.1. The Labute approximate surface area is 122 Å². The molecule has 0 bridgehead atoms. The van der Waals surface area contributed by atoms with Crippen molar-refractivity contribution in [2.24, 2.45) is 7.05 Å². The first-order valence-corrected chi connectivity index (χ1v) is 7.21. The summed E-state index contributed by atoms with van der Waals surface area (Å²) < 4.78 is 3.35. The highest BCUT2D eigenvalue weighted by Crippen LogP contribution is 2.20. The normalized spacial score (nSPS) is 16.2. The van der Waals surface area contributed by atoms with Crippen molar-refractivity contribution in [1.82, 2.24) is 24.6 Å². The van der Waals surface area contributed by atoms with E-state index in [-0.39, 0.29) is 5.56 Å². The lowest BCUT2D eigenvalue weighted by atomic mass is 10.4. The molecule has 0 radical (unpaired) electrons. The van der Waals surface area contributed by atoms with Crippen LogP contribution in [-0.4, -0.2) is 45.5 Å². The third-order valence-corrected chi connectivity index (χ3v) is 3.75. The van der Waals surface area contributed by atoms with Gasteiger partial charge in [-0.3, -0.25) is 4.79 Å². The Bertz CT molecular complexity index is 723. The van der Waals surface area contributed by atoms with Crippen molar-refractivity contribution in [3.05, 3.63) is 28.7 Å². The Morgan fingerprint density at radius 2 is 2.14 bits per heavy atom. The van der Waals surface area contributed by atoms with Crippen LogP contribution in [0.3, 0.4) is 0 Å². The first-order valence-electron chi connectivity index (χ1n) is 7.21. The number of imidazole rings is 1. The van der Waals surface area contributed by atoms with Crippen molar-refractivity contribution in [3.8, 4) is 0 Å². The van der Waals surface area contributed by atoms with Crippen molar-refractivity contribution in [1.29, 1.82) is 0 Å². The van der Waals surface area contributed by atoms with Gasteiger partial charge in [-0.25, -0.2) is 9.67 Å². The average molecular weight is 288 g/mol. The van der Waals surface area contributed by atoms with Crippen molar-refractivity contribution < 1.29 is 0 Å². The smallest absolute Gasteiger partial charge is 0.292 e. The lowest BCUT2D eigenvalue weighted by Gasteiger charge is -2.28. The predicted molar refractivity (Wildman–Crippen MR) is 82.7 cm³/mol. The predicted octanol–water partition coefficient (Wildman–Crippen LogP) is 0.116. The second-order valence-electron chi connectivity index (χ2n) is 5.14. The average Bonchev–Trinajstić information content (AvgIpc) is 2.89. The first-order chi connectivity index (χ1) is 10.2. The van der Waals surface area contributed by atoms with E-state index in [1.807, 2.05) is 23.6 Å². The van der Waals surface area contributed by atoms with Gasteiger partial charge in [0.15, 0.2) is 0 Å². The molecule has 0 atom stereocenters. The van der Waals surface area contributed by atoms with Crippen LogP contribution < -0.4 is 15.8 Å². The maximum atomic E-state index is 12.4. The van der Waals surface area contributed by atoms with E-state index >= 15 is 0 Å². The molecule has 3 rings (SSSR count). The van der Waals surface area contributed by atoms with Crippen LogP contribution in [0.4, 0.5) is 5.95 Å². The Kier molecular flexibility index (Phi) is 3.74. The summed E-state index contributed by atoms with van der Waals surface area (Å²) in [6.45, 7) is 6.28. The van der Waals surface area contributed by atoms with Crippen LogP contribution in [0.1, 0.15) is 6.92 Å². The minimum atomic E-state index is -0.106. The third-order valence-electron chi connectivity index (χ3n) is 3.75. The maximum absolute atomic E-state index is 12.4. The van der Waals surface area contributed by atoms with Gasteiger partial charge in [-0.15, -0.1) is 0 Å². The molecule has 1 aliphatic heterocycles. The Balaban J connectivity index is 2.18. The first kappa shape index (κ1) is 13.8. The quantitative estimate of drug-likeness (QED) is 0.812. The van der Waals surface area contributed by atoms with E-state index in [9.17, 15) is 4.79 Å². The molecule has 7 heteroatoms. The van der Waals surface area contributed by atoms with Crippen LogP contribution in [0.2, 0.25) is 0 Å². The fourth-order valence-electron chi connectivity index (χ4n) is 2.61. The molecule has 1 aliphatic rings. The molecular formula is C14H20N6O. The van der Waals surface area contributed by atoms with Gasteiger partial charge in [0.1, 0.15) is 11.0 Å². The van der Waals surface area contributed by atoms with E-state index in [4.69, 9.17) is 0 Å². The second kappa shape index (κ2) is 5.69. The minimum absolute atomic E-state index is 0.106. The highest BCUT2D eigenvalue weighted by Gasteiger charge is 2.20. The van der Waals surface area contributed by atoms with E-state index in [1.165, 1.54) is 4.68 Å². The zero-order valence-electron chi connectivity index (χ0n) is 12.4. The molecular weight excluding hydrogens is 268 g/mol. The highest BCUT2D eigenvalue weighted by molar-refractivity contribution is 5.77. The number of nitrogens with one attached hydrogen (secondary N) is 1. The molecule has 1 fully saturated rings. The number of fused-ring (bicyclic) bond motifs is 1. The fraction of sp³-hybridized carbons (Fsp3) is 0.500. The summed E-state index contributed by atoms with van der Waals surface area (Å²) in [4.78, 5) is 19.3. The standard InChI is InChI=1S/C14H20N6O/c1-3-4-7-20-12-11(10-16-18(2)13(12)21)17-14(20)19-8-5-15-6-9-19/h3-4,10,15H,5-9H2,1-2H3/b4-3+. The molecule has 112 valence electrons. The number of anilines is 1. The van der Waals surface area contributed by atoms with Gasteiger partial charge in [0.05, 0.1) is 6.20 Å². The molecule has 0 saturated carbocycles. The van der Waals surface area contributed by atoms with Gasteiger partial charge in [0.2, 0.25) is 5.95 Å². The number of piperazine rings is 1. The molecule has 3 heterocycles. The Hall–Kier alpha value is -2.15. The van der Waals surface area contributed by atoms with Gasteiger partial charge >= 0.3 is 0 Å². The number of aromatic nitrogens is 4. The van der Waals surface area contributed by atoms with Gasteiger partial charge in [0.25, 0.3) is 5.56 Å². The van der Waals surface area contributed by atoms with Gasteiger partial charge in [0, 0.05) is 39.8 Å². The molecule has 0 amide bonds. The van der Waals surface area contributed by atoms with Crippen LogP contribution in [0, 0.1) is 0 Å². The summed E-state index contributed by atoms with van der Waals surface area (Å²) in [5.41, 5.74) is 1.18. The van der Waals surface area contributed by atoms with Crippen LogP contribution in [0.25, 0.3) is 11.0 Å². The monoisotopic (exact) mass is 288 g/mol. The van der Waals surface area contributed by atoms with Crippen molar-refractivity contribution in [2.75, 3.05) is 31.1 Å². The number of hydrogen-bond donors (Lipinski definition) is 1. The lowest BCUT2D eigenvalue weighted by molar-refractivity contribution is 0.572. The molecule has 0 aliphatic carbocycles. The van der Waals surface area contributed by atoms with Gasteiger partial charge in [-0.2, -0.15) is 5.10 Å². The summed E-state index contributed by atoms with van der Waals surface area (Å²) >= 11 is 0. The van der Waals surface area contributed by atoms with Crippen LogP contribution in [-0.2, 0) is 13.6 Å². The SMILES string of the molecule is C/C=C/Cn1c(N2CCNCC2)nc2cnn(C)c(=O)c21. The molecule has 2 aromatic heterocycles. The van der Waals surface area contributed by atoms with Gasteiger partial charge < -0.3 is 14.8 Å². The largest absolute Gasteiger partial charge is 0.340 e. The molecule has 7 nitrogen and oxygen atoms in total. The molecule has 0 spiro atoms. The van der Waals surface area contributed by atoms with E-state index in [0.717, 1.165) is 32.1 Å². The van der Waals surface area contributed by atoms with Crippen LogP contribution in [0.15, 0.2) is 23.1 Å². The van der Waals surface area contributed by atoms with Crippen molar-refractivity contribution in [2.45, 2.75) is 13.5 Å². The number of aryl methyl sites for hydroxylation is 1. The maximum Gasteiger partial charge on any atom is 0.292 e. The summed E-state index contributed by atoms with van der Waals surface area (Å²) in [5.74, 6) is 0.856. The van der Waals surface area contributed by atoms with Gasteiger partial charge in [-0.05, 0) is 6.92 Å². The molecule has 2 aromatic rings. The summed E-state index contributed by atoms with van der Waals surface area (Å²) in [7, 11) is 1.67. The zero-order chi connectivity index (χ0) is 14.8. The Morgan fingerprint density at radius 1 is 1.38 bits per heavy atom. The zero-order valence-corrected chi connectivity index (χ0v) is 12.4. The van der Waals surface area contributed by atoms with E-state index < -0.39 is 0 Å². The summed E-state index contributed by atoms with van der Waals surface area (Å²) in [5, 5.41) is 7.40. The third kappa shape index (κ3) is 2.44. The van der Waals surface area contributed by atoms with E-state index in [2.05, 4.69) is 20.3 Å². The Morgan fingerprint density at radius 3 is 2.86 bits per heavy atom. The van der Waals surface area contributed by atoms with E-state index in [0.29, 0.717) is 17.6 Å². The number of rotatable bonds is 3. The molecule has 1 N–H and O–H groups in total. The van der Waals surface area contributed by atoms with Crippen LogP contribution >= 0.6 is 0 Å². The molecule has 0 aromatic carbocycles. The summed E-state index contributed by atoms with van der Waals surface area (Å²) in [6.07, 6.45) is 5.68. The number of hydrogen-bond acceptors (Lipinski definition) is 5. The van der Waals surface area contributed by atoms with Crippen LogP contribution in [0.5, 0.6) is 0 Å². The lowest BCUT2D eigenvalue weighted by Crippen LogP contribution is -2.44. The molecule has 0 unspecified atom stereocenters. The molecule has 21 heavy (non-hydrogen) atoms.